The van der Waals surface area contributed by atoms with Crippen LogP contribution >= 0.6 is 0 Å². The lowest BCUT2D eigenvalue weighted by atomic mass is 10.2. The SMILES string of the molecule is COc1cc(NC(=O)c2cn[nH]c2S(=O)(=O)Nc2ccc(F)cc2)cc(OC)c1. The minimum atomic E-state index is -4.18. The molecule has 0 aliphatic carbocycles. The number of amides is 1. The minimum absolute atomic E-state index is 0.130. The third kappa shape index (κ3) is 4.63. The highest BCUT2D eigenvalue weighted by atomic mass is 32.2. The molecular formula is C18H17FN4O5S. The van der Waals surface area contributed by atoms with Crippen molar-refractivity contribution < 1.29 is 27.1 Å². The lowest BCUT2D eigenvalue weighted by molar-refractivity contribution is 0.102. The molecular weight excluding hydrogens is 403 g/mol. The number of hydrogen-bond donors (Lipinski definition) is 3. The molecule has 0 unspecified atom stereocenters. The Bertz CT molecular complexity index is 1110. The van der Waals surface area contributed by atoms with Crippen molar-refractivity contribution in [3.8, 4) is 11.5 Å². The van der Waals surface area contributed by atoms with Gasteiger partial charge in [0.2, 0.25) is 0 Å². The zero-order chi connectivity index (χ0) is 21.0. The van der Waals surface area contributed by atoms with Crippen LogP contribution in [0.2, 0.25) is 0 Å². The third-order valence-electron chi connectivity index (χ3n) is 3.82. The first kappa shape index (κ1) is 20.1. The highest BCUT2D eigenvalue weighted by Gasteiger charge is 2.25. The van der Waals surface area contributed by atoms with Gasteiger partial charge in [-0.25, -0.2) is 4.39 Å². The van der Waals surface area contributed by atoms with Crippen molar-refractivity contribution in [2.75, 3.05) is 24.3 Å². The Hall–Kier alpha value is -3.60. The fourth-order valence-electron chi connectivity index (χ4n) is 2.44. The third-order valence-corrected chi connectivity index (χ3v) is 5.18. The van der Waals surface area contributed by atoms with Gasteiger partial charge in [0.05, 0.1) is 26.0 Å². The fraction of sp³-hybridized carbons (Fsp3) is 0.111. The smallest absolute Gasteiger partial charge is 0.279 e. The van der Waals surface area contributed by atoms with Crippen LogP contribution < -0.4 is 19.5 Å². The number of ether oxygens (including phenoxy) is 2. The molecule has 9 nitrogen and oxygen atoms in total. The van der Waals surface area contributed by atoms with Crippen molar-refractivity contribution in [2.45, 2.75) is 5.03 Å². The van der Waals surface area contributed by atoms with Gasteiger partial charge < -0.3 is 14.8 Å². The van der Waals surface area contributed by atoms with E-state index in [4.69, 9.17) is 9.47 Å². The molecule has 3 aromatic rings. The molecule has 2 aromatic carbocycles. The summed E-state index contributed by atoms with van der Waals surface area (Å²) in [5.74, 6) is -0.341. The van der Waals surface area contributed by atoms with Crippen LogP contribution in [0.25, 0.3) is 0 Å². The minimum Gasteiger partial charge on any atom is -0.497 e. The highest BCUT2D eigenvalue weighted by Crippen LogP contribution is 2.26. The van der Waals surface area contributed by atoms with Gasteiger partial charge in [0.25, 0.3) is 15.9 Å². The highest BCUT2D eigenvalue weighted by molar-refractivity contribution is 7.92. The molecule has 1 heterocycles. The normalized spacial score (nSPS) is 11.0. The number of methoxy groups -OCH3 is 2. The Labute approximate surface area is 165 Å². The standard InChI is InChI=1S/C18H17FN4O5S/c1-27-14-7-13(8-15(9-14)28-2)21-17(24)16-10-20-22-18(16)29(25,26)23-12-5-3-11(19)4-6-12/h3-10,23H,1-2H3,(H,20,22)(H,21,24). The zero-order valence-electron chi connectivity index (χ0n) is 15.4. The number of rotatable bonds is 7. The number of anilines is 2. The number of sulfonamides is 1. The largest absolute Gasteiger partial charge is 0.497 e. The number of carbonyl (C=O) groups is 1. The van der Waals surface area contributed by atoms with Crippen LogP contribution in [0.4, 0.5) is 15.8 Å². The van der Waals surface area contributed by atoms with Gasteiger partial charge in [0, 0.05) is 29.6 Å². The summed E-state index contributed by atoms with van der Waals surface area (Å²) in [6, 6.07) is 9.44. The summed E-state index contributed by atoms with van der Waals surface area (Å²) in [6.07, 6.45) is 1.09. The van der Waals surface area contributed by atoms with E-state index < -0.39 is 26.8 Å². The number of aromatic amines is 1. The Morgan fingerprint density at radius 3 is 2.24 bits per heavy atom. The van der Waals surface area contributed by atoms with Crippen molar-refractivity contribution in [2.24, 2.45) is 0 Å². The van der Waals surface area contributed by atoms with E-state index in [0.717, 1.165) is 18.3 Å². The monoisotopic (exact) mass is 420 g/mol. The molecule has 0 saturated carbocycles. The maximum Gasteiger partial charge on any atom is 0.279 e. The second kappa shape index (κ2) is 8.19. The molecule has 29 heavy (non-hydrogen) atoms. The van der Waals surface area contributed by atoms with E-state index in [1.54, 1.807) is 18.2 Å². The molecule has 0 atom stereocenters. The summed E-state index contributed by atoms with van der Waals surface area (Å²) >= 11 is 0. The number of nitrogens with one attached hydrogen (secondary N) is 3. The molecule has 0 bridgehead atoms. The van der Waals surface area contributed by atoms with Gasteiger partial charge in [-0.1, -0.05) is 0 Å². The molecule has 0 aliphatic rings. The summed E-state index contributed by atoms with van der Waals surface area (Å²) in [5.41, 5.74) is 0.258. The first-order chi connectivity index (χ1) is 13.8. The molecule has 0 saturated heterocycles. The van der Waals surface area contributed by atoms with Gasteiger partial charge >= 0.3 is 0 Å². The molecule has 0 radical (unpaired) electrons. The zero-order valence-corrected chi connectivity index (χ0v) is 16.2. The van der Waals surface area contributed by atoms with E-state index in [0.29, 0.717) is 17.2 Å². The summed E-state index contributed by atoms with van der Waals surface area (Å²) in [6.45, 7) is 0. The molecule has 3 N–H and O–H groups in total. The number of H-pyrrole nitrogens is 1. The molecule has 1 amide bonds. The maximum absolute atomic E-state index is 13.0. The lowest BCUT2D eigenvalue weighted by Crippen LogP contribution is -2.19. The lowest BCUT2D eigenvalue weighted by Gasteiger charge is -2.11. The van der Waals surface area contributed by atoms with Gasteiger partial charge in [-0.15, -0.1) is 0 Å². The number of hydrogen-bond acceptors (Lipinski definition) is 6. The molecule has 0 fully saturated rings. The second-order valence-electron chi connectivity index (χ2n) is 5.78. The Balaban J connectivity index is 1.85. The fourth-order valence-corrected chi connectivity index (χ4v) is 3.60. The van der Waals surface area contributed by atoms with E-state index in [-0.39, 0.29) is 11.3 Å². The van der Waals surface area contributed by atoms with Crippen molar-refractivity contribution in [1.29, 1.82) is 0 Å². The van der Waals surface area contributed by atoms with E-state index in [9.17, 15) is 17.6 Å². The number of nitrogens with zero attached hydrogens (tertiary/aromatic N) is 1. The van der Waals surface area contributed by atoms with Crippen LogP contribution in [0.1, 0.15) is 10.4 Å². The molecule has 152 valence electrons. The number of benzene rings is 2. The van der Waals surface area contributed by atoms with E-state index in [2.05, 4.69) is 20.2 Å². The first-order valence-electron chi connectivity index (χ1n) is 8.18. The van der Waals surface area contributed by atoms with E-state index in [1.807, 2.05) is 0 Å². The molecule has 0 spiro atoms. The van der Waals surface area contributed by atoms with Crippen LogP contribution in [-0.2, 0) is 10.0 Å². The molecule has 11 heteroatoms. The Morgan fingerprint density at radius 2 is 1.66 bits per heavy atom. The predicted octanol–water partition coefficient (Wildman–Crippen LogP) is 2.62. The van der Waals surface area contributed by atoms with Crippen LogP contribution in [0, 0.1) is 5.82 Å². The summed E-state index contributed by atoms with van der Waals surface area (Å²) in [7, 11) is -1.26. The summed E-state index contributed by atoms with van der Waals surface area (Å²) in [5, 5.41) is 8.11. The topological polar surface area (TPSA) is 122 Å². The van der Waals surface area contributed by atoms with E-state index in [1.165, 1.54) is 26.4 Å². The van der Waals surface area contributed by atoms with Crippen molar-refractivity contribution >= 4 is 27.3 Å². The van der Waals surface area contributed by atoms with Gasteiger partial charge in [-0.05, 0) is 24.3 Å². The Morgan fingerprint density at radius 1 is 1.03 bits per heavy atom. The van der Waals surface area contributed by atoms with Crippen LogP contribution in [0.3, 0.4) is 0 Å². The van der Waals surface area contributed by atoms with Gasteiger partial charge in [-0.2, -0.15) is 13.5 Å². The molecule has 0 aliphatic heterocycles. The van der Waals surface area contributed by atoms with E-state index >= 15 is 0 Å². The van der Waals surface area contributed by atoms with Crippen molar-refractivity contribution in [3.05, 3.63) is 60.0 Å². The quantitative estimate of drug-likeness (QED) is 0.540. The maximum atomic E-state index is 13.0. The molecule has 1 aromatic heterocycles. The van der Waals surface area contributed by atoms with Gasteiger partial charge in [0.15, 0.2) is 5.03 Å². The number of halogens is 1. The average molecular weight is 420 g/mol. The Kier molecular flexibility index (Phi) is 5.69. The first-order valence-corrected chi connectivity index (χ1v) is 9.67. The second-order valence-corrected chi connectivity index (χ2v) is 7.40. The van der Waals surface area contributed by atoms with Crippen LogP contribution in [0.5, 0.6) is 11.5 Å². The van der Waals surface area contributed by atoms with Crippen LogP contribution in [0.15, 0.2) is 53.7 Å². The summed E-state index contributed by atoms with van der Waals surface area (Å²) in [4.78, 5) is 12.6. The predicted molar refractivity (Wildman–Crippen MR) is 103 cm³/mol. The van der Waals surface area contributed by atoms with Crippen LogP contribution in [-0.4, -0.2) is 38.7 Å². The van der Waals surface area contributed by atoms with Gasteiger partial charge in [-0.3, -0.25) is 14.6 Å². The van der Waals surface area contributed by atoms with Crippen molar-refractivity contribution in [3.63, 3.8) is 0 Å². The summed E-state index contributed by atoms with van der Waals surface area (Å²) < 4.78 is 50.8. The van der Waals surface area contributed by atoms with Crippen molar-refractivity contribution in [1.82, 2.24) is 10.2 Å². The number of carbonyl (C=O) groups excluding carboxylic acids is 1. The average Bonchev–Trinajstić information content (AvgIpc) is 3.20. The van der Waals surface area contributed by atoms with Gasteiger partial charge in [0.1, 0.15) is 17.3 Å². The molecule has 3 rings (SSSR count). The number of aromatic nitrogens is 2.